The minimum Gasteiger partial charge on any atom is -0.280 e. The average Bonchev–Trinajstić information content (AvgIpc) is 2.23. The van der Waals surface area contributed by atoms with Gasteiger partial charge in [0.25, 0.3) is 0 Å². The summed E-state index contributed by atoms with van der Waals surface area (Å²) in [4.78, 5) is 0. The second-order valence-corrected chi connectivity index (χ2v) is 5.82. The van der Waals surface area contributed by atoms with Crippen LogP contribution in [0.15, 0.2) is 18.2 Å². The van der Waals surface area contributed by atoms with Crippen LogP contribution in [0.4, 0.5) is 14.5 Å². The third-order valence-electron chi connectivity index (χ3n) is 1.98. The van der Waals surface area contributed by atoms with Crippen LogP contribution in [-0.4, -0.2) is 20.1 Å². The first-order valence-corrected chi connectivity index (χ1v) is 7.05. The van der Waals surface area contributed by atoms with Crippen molar-refractivity contribution >= 4 is 27.3 Å². The Balaban J connectivity index is 2.87. The lowest BCUT2D eigenvalue weighted by Gasteiger charge is -2.11. The number of anilines is 1. The number of hydrogen-bond donors (Lipinski definition) is 1. The first-order chi connectivity index (χ1) is 7.85. The number of nitrogens with one attached hydrogen (secondary N) is 1. The fraction of sp³-hybridized carbons (Fsp3) is 0.400. The molecule has 0 fully saturated rings. The van der Waals surface area contributed by atoms with Gasteiger partial charge in [-0.15, -0.1) is 11.6 Å². The van der Waals surface area contributed by atoms with E-state index >= 15 is 0 Å². The SMILES string of the molecule is CC(CCl)CS(=O)(=O)Nc1cccc(F)c1F. The summed E-state index contributed by atoms with van der Waals surface area (Å²) in [7, 11) is -3.73. The van der Waals surface area contributed by atoms with Crippen LogP contribution in [0.2, 0.25) is 0 Å². The molecule has 3 nitrogen and oxygen atoms in total. The molecule has 17 heavy (non-hydrogen) atoms. The number of sulfonamides is 1. The smallest absolute Gasteiger partial charge is 0.233 e. The molecule has 1 N–H and O–H groups in total. The first-order valence-electron chi connectivity index (χ1n) is 4.86. The molecule has 96 valence electrons. The van der Waals surface area contributed by atoms with Crippen LogP contribution in [-0.2, 0) is 10.0 Å². The lowest BCUT2D eigenvalue weighted by molar-refractivity contribution is 0.511. The quantitative estimate of drug-likeness (QED) is 0.844. The number of benzene rings is 1. The van der Waals surface area contributed by atoms with Crippen molar-refractivity contribution in [1.82, 2.24) is 0 Å². The fourth-order valence-electron chi connectivity index (χ4n) is 1.21. The van der Waals surface area contributed by atoms with Crippen molar-refractivity contribution in [1.29, 1.82) is 0 Å². The summed E-state index contributed by atoms with van der Waals surface area (Å²) in [5, 5.41) is 0. The molecule has 0 spiro atoms. The summed E-state index contributed by atoms with van der Waals surface area (Å²) in [5.41, 5.74) is -0.397. The number of rotatable bonds is 5. The zero-order chi connectivity index (χ0) is 13.1. The second kappa shape index (κ2) is 5.64. The van der Waals surface area contributed by atoms with Gasteiger partial charge in [-0.2, -0.15) is 0 Å². The minimum absolute atomic E-state index is 0.173. The molecule has 1 atom stereocenters. The first kappa shape index (κ1) is 14.2. The van der Waals surface area contributed by atoms with Crippen molar-refractivity contribution in [2.75, 3.05) is 16.4 Å². The van der Waals surface area contributed by atoms with Gasteiger partial charge in [-0.3, -0.25) is 4.72 Å². The van der Waals surface area contributed by atoms with Gasteiger partial charge in [0.1, 0.15) is 0 Å². The molecular weight excluding hydrogens is 272 g/mol. The normalized spacial score (nSPS) is 13.4. The van der Waals surface area contributed by atoms with E-state index in [-0.39, 0.29) is 17.6 Å². The molecule has 0 heterocycles. The third-order valence-corrected chi connectivity index (χ3v) is 4.05. The van der Waals surface area contributed by atoms with E-state index in [4.69, 9.17) is 11.6 Å². The highest BCUT2D eigenvalue weighted by Crippen LogP contribution is 2.18. The summed E-state index contributed by atoms with van der Waals surface area (Å²) in [6.45, 7) is 1.65. The standard InChI is InChI=1S/C10H12ClF2NO2S/c1-7(5-11)6-17(15,16)14-9-4-2-3-8(12)10(9)13/h2-4,7,14H,5-6H2,1H3. The molecule has 0 aliphatic carbocycles. The highest BCUT2D eigenvalue weighted by Gasteiger charge is 2.18. The zero-order valence-electron chi connectivity index (χ0n) is 9.08. The molecule has 0 saturated heterocycles. The zero-order valence-corrected chi connectivity index (χ0v) is 10.7. The summed E-state index contributed by atoms with van der Waals surface area (Å²) in [6.07, 6.45) is 0. The molecule has 0 saturated carbocycles. The van der Waals surface area contributed by atoms with Crippen molar-refractivity contribution < 1.29 is 17.2 Å². The topological polar surface area (TPSA) is 46.2 Å². The van der Waals surface area contributed by atoms with Crippen molar-refractivity contribution in [3.8, 4) is 0 Å². The minimum atomic E-state index is -3.73. The molecule has 0 aliphatic rings. The van der Waals surface area contributed by atoms with Crippen LogP contribution in [0.25, 0.3) is 0 Å². The van der Waals surface area contributed by atoms with Crippen LogP contribution < -0.4 is 4.72 Å². The lowest BCUT2D eigenvalue weighted by Crippen LogP contribution is -2.22. The molecule has 1 rings (SSSR count). The van der Waals surface area contributed by atoms with E-state index in [1.807, 2.05) is 4.72 Å². The molecule has 1 aromatic rings. The Kier molecular flexibility index (Phi) is 4.70. The van der Waals surface area contributed by atoms with Crippen LogP contribution in [0.1, 0.15) is 6.92 Å². The van der Waals surface area contributed by atoms with Crippen molar-refractivity contribution in [3.63, 3.8) is 0 Å². The number of hydrogen-bond acceptors (Lipinski definition) is 2. The van der Waals surface area contributed by atoms with E-state index in [9.17, 15) is 17.2 Å². The molecule has 0 bridgehead atoms. The fourth-order valence-corrected chi connectivity index (χ4v) is 2.89. The van der Waals surface area contributed by atoms with Gasteiger partial charge in [0.15, 0.2) is 11.6 Å². The molecule has 7 heteroatoms. The predicted molar refractivity (Wildman–Crippen MR) is 63.7 cm³/mol. The van der Waals surface area contributed by atoms with Crippen LogP contribution in [0.3, 0.4) is 0 Å². The van der Waals surface area contributed by atoms with Gasteiger partial charge in [0.05, 0.1) is 11.4 Å². The summed E-state index contributed by atoms with van der Waals surface area (Å²) in [5.74, 6) is -2.66. The van der Waals surface area contributed by atoms with Gasteiger partial charge < -0.3 is 0 Å². The molecule has 1 unspecified atom stereocenters. The molecule has 0 radical (unpaired) electrons. The Morgan fingerprint density at radius 3 is 2.65 bits per heavy atom. The largest absolute Gasteiger partial charge is 0.280 e. The Hall–Kier alpha value is -0.880. The van der Waals surface area contributed by atoms with E-state index in [0.717, 1.165) is 12.1 Å². The van der Waals surface area contributed by atoms with Crippen molar-refractivity contribution in [2.45, 2.75) is 6.92 Å². The second-order valence-electron chi connectivity index (χ2n) is 3.74. The van der Waals surface area contributed by atoms with Gasteiger partial charge in [-0.1, -0.05) is 13.0 Å². The third kappa shape index (κ3) is 4.12. The van der Waals surface area contributed by atoms with Gasteiger partial charge in [-0.05, 0) is 18.1 Å². The van der Waals surface area contributed by atoms with Crippen LogP contribution >= 0.6 is 11.6 Å². The molecule has 0 aromatic heterocycles. The van der Waals surface area contributed by atoms with Crippen molar-refractivity contribution in [2.24, 2.45) is 5.92 Å². The van der Waals surface area contributed by atoms with Gasteiger partial charge in [0.2, 0.25) is 10.0 Å². The highest BCUT2D eigenvalue weighted by molar-refractivity contribution is 7.92. The maximum Gasteiger partial charge on any atom is 0.233 e. The number of halogens is 3. The van der Waals surface area contributed by atoms with Crippen molar-refractivity contribution in [3.05, 3.63) is 29.8 Å². The van der Waals surface area contributed by atoms with Gasteiger partial charge in [-0.25, -0.2) is 17.2 Å². The maximum atomic E-state index is 13.2. The molecular formula is C10H12ClF2NO2S. The monoisotopic (exact) mass is 283 g/mol. The Labute approximate surface area is 104 Å². The summed E-state index contributed by atoms with van der Waals surface area (Å²) >= 11 is 5.49. The summed E-state index contributed by atoms with van der Waals surface area (Å²) in [6, 6.07) is 3.29. The van der Waals surface area contributed by atoms with E-state index < -0.39 is 27.3 Å². The summed E-state index contributed by atoms with van der Waals surface area (Å²) < 4.78 is 51.2. The molecule has 0 aliphatic heterocycles. The van der Waals surface area contributed by atoms with E-state index in [0.29, 0.717) is 0 Å². The molecule has 0 amide bonds. The van der Waals surface area contributed by atoms with Crippen LogP contribution in [0.5, 0.6) is 0 Å². The van der Waals surface area contributed by atoms with Crippen LogP contribution in [0, 0.1) is 17.6 Å². The van der Waals surface area contributed by atoms with Gasteiger partial charge >= 0.3 is 0 Å². The van der Waals surface area contributed by atoms with E-state index in [2.05, 4.69) is 0 Å². The predicted octanol–water partition coefficient (Wildman–Crippen LogP) is 2.58. The average molecular weight is 284 g/mol. The Morgan fingerprint density at radius 1 is 1.41 bits per heavy atom. The van der Waals surface area contributed by atoms with Gasteiger partial charge in [0, 0.05) is 5.88 Å². The van der Waals surface area contributed by atoms with E-state index in [1.54, 1.807) is 6.92 Å². The number of alkyl halides is 1. The Morgan fingerprint density at radius 2 is 2.06 bits per heavy atom. The lowest BCUT2D eigenvalue weighted by atomic mass is 10.3. The highest BCUT2D eigenvalue weighted by atomic mass is 35.5. The maximum absolute atomic E-state index is 13.2. The van der Waals surface area contributed by atoms with E-state index in [1.165, 1.54) is 6.07 Å². The molecule has 1 aromatic carbocycles. The Bertz CT molecular complexity index is 493.